The van der Waals surface area contributed by atoms with Crippen LogP contribution in [0, 0.1) is 0 Å². The highest BCUT2D eigenvalue weighted by Crippen LogP contribution is 2.20. The van der Waals surface area contributed by atoms with Crippen molar-refractivity contribution in [2.75, 3.05) is 0 Å². The van der Waals surface area contributed by atoms with Gasteiger partial charge in [-0.05, 0) is 39.5 Å². The van der Waals surface area contributed by atoms with Gasteiger partial charge in [0, 0.05) is 15.5 Å². The molecular weight excluding hydrogens is 332 g/mol. The van der Waals surface area contributed by atoms with E-state index in [1.165, 1.54) is 17.5 Å². The summed E-state index contributed by atoms with van der Waals surface area (Å²) in [5, 5.41) is 13.4. The highest BCUT2D eigenvalue weighted by Gasteiger charge is 2.24. The zero-order valence-electron chi connectivity index (χ0n) is 9.54. The van der Waals surface area contributed by atoms with Crippen molar-refractivity contribution in [3.63, 3.8) is 0 Å². The molecule has 0 aliphatic rings. The maximum atomic E-state index is 12.0. The van der Waals surface area contributed by atoms with Gasteiger partial charge in [-0.3, -0.25) is 4.79 Å². The molecule has 2 N–H and O–H groups in total. The summed E-state index contributed by atoms with van der Waals surface area (Å²) < 4.78 is 0.516. The van der Waals surface area contributed by atoms with E-state index in [0.717, 1.165) is 0 Å². The van der Waals surface area contributed by atoms with Crippen LogP contribution in [-0.2, 0) is 4.79 Å². The Labute approximate surface area is 121 Å². The number of carboxylic acids is 1. The summed E-state index contributed by atoms with van der Waals surface area (Å²) in [4.78, 5) is 27.7. The van der Waals surface area contributed by atoms with E-state index >= 15 is 0 Å². The van der Waals surface area contributed by atoms with Gasteiger partial charge in [0.05, 0.1) is 0 Å². The fourth-order valence-electron chi connectivity index (χ4n) is 1.46. The molecule has 1 unspecified atom stereocenters. The second-order valence-electron chi connectivity index (χ2n) is 3.59. The maximum Gasteiger partial charge on any atom is 0.331 e. The van der Waals surface area contributed by atoms with Gasteiger partial charge < -0.3 is 10.4 Å². The number of pyridine rings is 1. The van der Waals surface area contributed by atoms with Crippen LogP contribution in [-0.4, -0.2) is 22.0 Å². The van der Waals surface area contributed by atoms with E-state index in [4.69, 9.17) is 5.11 Å². The van der Waals surface area contributed by atoms with E-state index < -0.39 is 17.9 Å². The van der Waals surface area contributed by atoms with Crippen LogP contribution in [0.4, 0.5) is 0 Å². The van der Waals surface area contributed by atoms with Crippen LogP contribution >= 0.6 is 27.3 Å². The molecule has 0 saturated carbocycles. The predicted molar refractivity (Wildman–Crippen MR) is 74.1 cm³/mol. The molecular formula is C12H9BrN2O3S. The lowest BCUT2D eigenvalue weighted by atomic mass is 10.2. The molecule has 98 valence electrons. The molecule has 0 aliphatic carbocycles. The predicted octanol–water partition coefficient (Wildman–Crippen LogP) is 2.46. The highest BCUT2D eigenvalue weighted by atomic mass is 79.9. The number of rotatable bonds is 4. The van der Waals surface area contributed by atoms with Crippen molar-refractivity contribution in [2.45, 2.75) is 6.04 Å². The van der Waals surface area contributed by atoms with Crippen LogP contribution in [0.25, 0.3) is 0 Å². The molecule has 0 bridgehead atoms. The van der Waals surface area contributed by atoms with E-state index in [2.05, 4.69) is 26.2 Å². The first-order chi connectivity index (χ1) is 9.09. The molecule has 1 amide bonds. The van der Waals surface area contributed by atoms with E-state index in [-0.39, 0.29) is 5.69 Å². The maximum absolute atomic E-state index is 12.0. The Morgan fingerprint density at radius 2 is 2.16 bits per heavy atom. The standard InChI is InChI=1S/C12H9BrN2O3S/c13-7-3-1-5-14-9(7)11(16)15-10(12(17)18)8-4-2-6-19-8/h1-6,10H,(H,15,16)(H,17,18). The number of nitrogens with zero attached hydrogens (tertiary/aromatic N) is 1. The average Bonchev–Trinajstić information content (AvgIpc) is 2.89. The smallest absolute Gasteiger partial charge is 0.331 e. The molecule has 0 radical (unpaired) electrons. The van der Waals surface area contributed by atoms with Crippen molar-refractivity contribution in [3.8, 4) is 0 Å². The van der Waals surface area contributed by atoms with Gasteiger partial charge >= 0.3 is 5.97 Å². The number of hydrogen-bond donors (Lipinski definition) is 2. The van der Waals surface area contributed by atoms with Crippen molar-refractivity contribution < 1.29 is 14.7 Å². The van der Waals surface area contributed by atoms with Crippen molar-refractivity contribution in [1.29, 1.82) is 0 Å². The van der Waals surface area contributed by atoms with Gasteiger partial charge in [0.15, 0.2) is 6.04 Å². The Bertz CT molecular complexity index is 601. The number of nitrogens with one attached hydrogen (secondary N) is 1. The Balaban J connectivity index is 2.21. The molecule has 2 aromatic rings. The SMILES string of the molecule is O=C(NC(C(=O)O)c1cccs1)c1ncccc1Br. The Kier molecular flexibility index (Phi) is 4.28. The molecule has 0 spiro atoms. The third-order valence-electron chi connectivity index (χ3n) is 2.32. The Morgan fingerprint density at radius 3 is 2.74 bits per heavy atom. The summed E-state index contributed by atoms with van der Waals surface area (Å²) in [5.74, 6) is -1.64. The first kappa shape index (κ1) is 13.7. The topological polar surface area (TPSA) is 79.3 Å². The fraction of sp³-hybridized carbons (Fsp3) is 0.0833. The molecule has 1 atom stereocenters. The van der Waals surface area contributed by atoms with Gasteiger partial charge in [-0.1, -0.05) is 6.07 Å². The van der Waals surface area contributed by atoms with Gasteiger partial charge in [0.2, 0.25) is 0 Å². The minimum atomic E-state index is -1.11. The number of carboxylic acid groups (broad SMARTS) is 1. The van der Waals surface area contributed by atoms with Crippen molar-refractivity contribution in [3.05, 3.63) is 50.9 Å². The number of aromatic nitrogens is 1. The largest absolute Gasteiger partial charge is 0.479 e. The van der Waals surface area contributed by atoms with E-state index in [1.807, 2.05) is 0 Å². The molecule has 0 aromatic carbocycles. The lowest BCUT2D eigenvalue weighted by molar-refractivity contribution is -0.139. The number of hydrogen-bond acceptors (Lipinski definition) is 4. The van der Waals surface area contributed by atoms with E-state index in [9.17, 15) is 9.59 Å². The summed E-state index contributed by atoms with van der Waals surface area (Å²) in [7, 11) is 0. The van der Waals surface area contributed by atoms with Crippen molar-refractivity contribution >= 4 is 39.1 Å². The van der Waals surface area contributed by atoms with Crippen molar-refractivity contribution in [2.24, 2.45) is 0 Å². The number of amides is 1. The summed E-state index contributed by atoms with van der Waals surface area (Å²) in [6, 6.07) is 5.68. The molecule has 7 heteroatoms. The number of carbonyl (C=O) groups is 2. The van der Waals surface area contributed by atoms with Crippen LogP contribution in [0.2, 0.25) is 0 Å². The normalized spacial score (nSPS) is 11.8. The molecule has 2 heterocycles. The summed E-state index contributed by atoms with van der Waals surface area (Å²) in [5.41, 5.74) is 0.158. The van der Waals surface area contributed by atoms with Crippen molar-refractivity contribution in [1.82, 2.24) is 10.3 Å². The molecule has 0 saturated heterocycles. The first-order valence-electron chi connectivity index (χ1n) is 5.27. The first-order valence-corrected chi connectivity index (χ1v) is 6.94. The van der Waals surface area contributed by atoms with Crippen LogP contribution in [0.15, 0.2) is 40.3 Å². The number of carbonyl (C=O) groups excluding carboxylic acids is 1. The molecule has 0 fully saturated rings. The van der Waals surface area contributed by atoms with Gasteiger partial charge in [-0.15, -0.1) is 11.3 Å². The lowest BCUT2D eigenvalue weighted by Crippen LogP contribution is -2.33. The average molecular weight is 341 g/mol. The van der Waals surface area contributed by atoms with Gasteiger partial charge in [-0.25, -0.2) is 9.78 Å². The molecule has 2 rings (SSSR count). The summed E-state index contributed by atoms with van der Waals surface area (Å²) in [6.45, 7) is 0. The summed E-state index contributed by atoms with van der Waals surface area (Å²) in [6.07, 6.45) is 1.47. The quantitative estimate of drug-likeness (QED) is 0.895. The number of aliphatic carboxylic acids is 1. The monoisotopic (exact) mass is 340 g/mol. The van der Waals surface area contributed by atoms with Crippen LogP contribution in [0.1, 0.15) is 21.4 Å². The lowest BCUT2D eigenvalue weighted by Gasteiger charge is -2.13. The zero-order valence-corrected chi connectivity index (χ0v) is 11.9. The molecule has 5 nitrogen and oxygen atoms in total. The van der Waals surface area contributed by atoms with Gasteiger partial charge in [0.1, 0.15) is 5.69 Å². The number of thiophene rings is 1. The minimum absolute atomic E-state index is 0.158. The molecule has 19 heavy (non-hydrogen) atoms. The van der Waals surface area contributed by atoms with Crippen LogP contribution in [0.5, 0.6) is 0 Å². The molecule has 2 aromatic heterocycles. The van der Waals surface area contributed by atoms with Crippen LogP contribution < -0.4 is 5.32 Å². The second-order valence-corrected chi connectivity index (χ2v) is 5.43. The fourth-order valence-corrected chi connectivity index (χ4v) is 2.66. The van der Waals surface area contributed by atoms with Gasteiger partial charge in [-0.2, -0.15) is 0 Å². The summed E-state index contributed by atoms with van der Waals surface area (Å²) >= 11 is 4.48. The second kappa shape index (κ2) is 5.94. The zero-order chi connectivity index (χ0) is 13.8. The van der Waals surface area contributed by atoms with Gasteiger partial charge in [0.25, 0.3) is 5.91 Å². The van der Waals surface area contributed by atoms with E-state index in [1.54, 1.807) is 29.6 Å². The Morgan fingerprint density at radius 1 is 1.37 bits per heavy atom. The number of halogens is 1. The Hall–Kier alpha value is -1.73. The highest BCUT2D eigenvalue weighted by molar-refractivity contribution is 9.10. The minimum Gasteiger partial charge on any atom is -0.479 e. The third-order valence-corrected chi connectivity index (χ3v) is 3.90. The molecule has 0 aliphatic heterocycles. The van der Waals surface area contributed by atoms with Crippen LogP contribution in [0.3, 0.4) is 0 Å². The van der Waals surface area contributed by atoms with E-state index in [0.29, 0.717) is 9.35 Å². The third kappa shape index (κ3) is 3.18.